The molecule has 3 aromatic heterocycles. The molecule has 0 aromatic carbocycles. The maximum absolute atomic E-state index is 13.2. The van der Waals surface area contributed by atoms with Gasteiger partial charge in [0.1, 0.15) is 0 Å². The second kappa shape index (κ2) is 5.74. The van der Waals surface area contributed by atoms with Crippen LogP contribution in [0, 0.1) is 13.8 Å². The monoisotopic (exact) mass is 325 g/mol. The van der Waals surface area contributed by atoms with Crippen LogP contribution in [0.15, 0.2) is 29.0 Å². The Morgan fingerprint density at radius 2 is 2.29 bits per heavy atom. The van der Waals surface area contributed by atoms with Gasteiger partial charge in [0.2, 0.25) is 0 Å². The molecular formula is C17H19N5O2. The van der Waals surface area contributed by atoms with Gasteiger partial charge in [0.15, 0.2) is 0 Å². The third-order valence-corrected chi connectivity index (χ3v) is 4.57. The Balaban J connectivity index is 1.69. The Bertz CT molecular complexity index is 884. The molecule has 1 saturated heterocycles. The second-order valence-electron chi connectivity index (χ2n) is 6.28. The molecule has 1 aliphatic heterocycles. The van der Waals surface area contributed by atoms with Crippen LogP contribution < -0.4 is 0 Å². The van der Waals surface area contributed by atoms with E-state index >= 15 is 0 Å². The van der Waals surface area contributed by atoms with Gasteiger partial charge >= 0.3 is 0 Å². The van der Waals surface area contributed by atoms with Gasteiger partial charge in [-0.1, -0.05) is 5.16 Å². The Labute approximate surface area is 139 Å². The minimum atomic E-state index is 0.0199. The van der Waals surface area contributed by atoms with Gasteiger partial charge in [-0.25, -0.2) is 4.98 Å². The highest BCUT2D eigenvalue weighted by atomic mass is 16.5. The van der Waals surface area contributed by atoms with E-state index in [2.05, 4.69) is 15.2 Å². The Kier molecular flexibility index (Phi) is 3.55. The molecule has 0 N–H and O–H groups in total. The van der Waals surface area contributed by atoms with Crippen LogP contribution in [0.3, 0.4) is 0 Å². The lowest BCUT2D eigenvalue weighted by atomic mass is 10.1. The number of fused-ring (bicyclic) bond motifs is 1. The van der Waals surface area contributed by atoms with Crippen molar-refractivity contribution in [1.29, 1.82) is 0 Å². The lowest BCUT2D eigenvalue weighted by molar-refractivity contribution is 0.0723. The zero-order valence-corrected chi connectivity index (χ0v) is 13.8. The lowest BCUT2D eigenvalue weighted by Gasteiger charge is -2.25. The fraction of sp³-hybridized carbons (Fsp3) is 0.412. The molecule has 0 bridgehead atoms. The van der Waals surface area contributed by atoms with E-state index in [9.17, 15) is 4.79 Å². The summed E-state index contributed by atoms with van der Waals surface area (Å²) in [6.07, 6.45) is 5.69. The van der Waals surface area contributed by atoms with E-state index in [1.807, 2.05) is 41.8 Å². The first-order valence-corrected chi connectivity index (χ1v) is 8.15. The molecule has 24 heavy (non-hydrogen) atoms. The van der Waals surface area contributed by atoms with Crippen LogP contribution in [0.25, 0.3) is 11.1 Å². The van der Waals surface area contributed by atoms with Crippen LogP contribution in [0.1, 0.15) is 34.6 Å². The maximum Gasteiger partial charge on any atom is 0.258 e. The van der Waals surface area contributed by atoms with Crippen LogP contribution in [-0.4, -0.2) is 43.3 Å². The largest absolute Gasteiger partial charge is 0.336 e. The minimum absolute atomic E-state index is 0.0199. The van der Waals surface area contributed by atoms with Gasteiger partial charge in [-0.2, -0.15) is 5.10 Å². The van der Waals surface area contributed by atoms with Crippen molar-refractivity contribution in [2.45, 2.75) is 39.3 Å². The molecule has 1 atom stereocenters. The van der Waals surface area contributed by atoms with Gasteiger partial charge in [0.25, 0.3) is 11.6 Å². The van der Waals surface area contributed by atoms with Crippen molar-refractivity contribution in [3.63, 3.8) is 0 Å². The lowest BCUT2D eigenvalue weighted by Crippen LogP contribution is -2.38. The summed E-state index contributed by atoms with van der Waals surface area (Å²) in [5.41, 5.74) is 2.51. The summed E-state index contributed by atoms with van der Waals surface area (Å²) >= 11 is 0. The highest BCUT2D eigenvalue weighted by Gasteiger charge is 2.31. The first-order chi connectivity index (χ1) is 11.6. The number of hydrogen-bond donors (Lipinski definition) is 0. The van der Waals surface area contributed by atoms with E-state index in [1.54, 1.807) is 6.20 Å². The number of amides is 1. The van der Waals surface area contributed by atoms with Crippen LogP contribution >= 0.6 is 0 Å². The van der Waals surface area contributed by atoms with Crippen LogP contribution in [-0.2, 0) is 6.54 Å². The normalized spacial score (nSPS) is 17.8. The molecule has 4 rings (SSSR count). The standard InChI is InChI=1S/C17H19N5O2/c1-11-9-14(15-12(2)20-24-16(15)19-11)17(23)22-8-3-5-13(22)10-21-7-4-6-18-21/h4,6-7,9,13H,3,5,8,10H2,1-2H3. The van der Waals surface area contributed by atoms with Crippen molar-refractivity contribution >= 4 is 17.0 Å². The Morgan fingerprint density at radius 1 is 1.42 bits per heavy atom. The summed E-state index contributed by atoms with van der Waals surface area (Å²) in [6.45, 7) is 5.18. The number of rotatable bonds is 3. The summed E-state index contributed by atoms with van der Waals surface area (Å²) in [7, 11) is 0. The van der Waals surface area contributed by atoms with Crippen molar-refractivity contribution in [2.24, 2.45) is 0 Å². The van der Waals surface area contributed by atoms with Gasteiger partial charge in [0.05, 0.1) is 29.2 Å². The number of carbonyl (C=O) groups excluding carboxylic acids is 1. The molecule has 3 aromatic rings. The third kappa shape index (κ3) is 2.46. The van der Waals surface area contributed by atoms with Gasteiger partial charge in [0, 0.05) is 24.6 Å². The molecule has 1 amide bonds. The molecule has 7 heteroatoms. The molecule has 1 fully saturated rings. The number of likely N-dealkylation sites (tertiary alicyclic amines) is 1. The SMILES string of the molecule is Cc1cc(C(=O)N2CCCC2Cn2cccn2)c2c(C)noc2n1. The van der Waals surface area contributed by atoms with E-state index in [-0.39, 0.29) is 11.9 Å². The van der Waals surface area contributed by atoms with Crippen LogP contribution in [0.2, 0.25) is 0 Å². The molecule has 0 aliphatic carbocycles. The van der Waals surface area contributed by atoms with Crippen molar-refractivity contribution < 1.29 is 9.32 Å². The first kappa shape index (κ1) is 14.9. The second-order valence-corrected chi connectivity index (χ2v) is 6.28. The van der Waals surface area contributed by atoms with E-state index in [1.165, 1.54) is 0 Å². The number of carbonyl (C=O) groups is 1. The topological polar surface area (TPSA) is 77.0 Å². The van der Waals surface area contributed by atoms with Crippen molar-refractivity contribution in [3.05, 3.63) is 41.5 Å². The molecule has 0 radical (unpaired) electrons. The summed E-state index contributed by atoms with van der Waals surface area (Å²) < 4.78 is 7.13. The molecular weight excluding hydrogens is 306 g/mol. The number of aromatic nitrogens is 4. The van der Waals surface area contributed by atoms with Gasteiger partial charge in [-0.15, -0.1) is 0 Å². The van der Waals surface area contributed by atoms with Gasteiger partial charge in [-0.3, -0.25) is 9.48 Å². The Morgan fingerprint density at radius 3 is 3.08 bits per heavy atom. The molecule has 1 unspecified atom stereocenters. The number of pyridine rings is 1. The molecule has 4 heterocycles. The van der Waals surface area contributed by atoms with Crippen molar-refractivity contribution in [2.75, 3.05) is 6.54 Å². The number of nitrogens with zero attached hydrogens (tertiary/aromatic N) is 5. The van der Waals surface area contributed by atoms with Crippen LogP contribution in [0.4, 0.5) is 0 Å². The van der Waals surface area contributed by atoms with Crippen molar-refractivity contribution in [3.8, 4) is 0 Å². The third-order valence-electron chi connectivity index (χ3n) is 4.57. The summed E-state index contributed by atoms with van der Waals surface area (Å²) in [4.78, 5) is 19.5. The highest BCUT2D eigenvalue weighted by molar-refractivity contribution is 6.06. The number of hydrogen-bond acceptors (Lipinski definition) is 5. The predicted octanol–water partition coefficient (Wildman–Crippen LogP) is 2.34. The molecule has 0 spiro atoms. The average molecular weight is 325 g/mol. The summed E-state index contributed by atoms with van der Waals surface area (Å²) in [6, 6.07) is 3.89. The first-order valence-electron chi connectivity index (χ1n) is 8.15. The number of aryl methyl sites for hydroxylation is 2. The molecule has 124 valence electrons. The van der Waals surface area contributed by atoms with E-state index in [0.29, 0.717) is 23.5 Å². The molecule has 1 aliphatic rings. The fourth-order valence-electron chi connectivity index (χ4n) is 3.46. The quantitative estimate of drug-likeness (QED) is 0.738. The van der Waals surface area contributed by atoms with Gasteiger partial charge in [-0.05, 0) is 38.8 Å². The smallest absolute Gasteiger partial charge is 0.258 e. The van der Waals surface area contributed by atoms with Crippen molar-refractivity contribution in [1.82, 2.24) is 24.8 Å². The summed E-state index contributed by atoms with van der Waals surface area (Å²) in [5, 5.41) is 8.94. The summed E-state index contributed by atoms with van der Waals surface area (Å²) in [5.74, 6) is 0.0199. The minimum Gasteiger partial charge on any atom is -0.336 e. The molecule has 7 nitrogen and oxygen atoms in total. The molecule has 0 saturated carbocycles. The van der Waals surface area contributed by atoms with E-state index < -0.39 is 0 Å². The maximum atomic E-state index is 13.2. The zero-order chi connectivity index (χ0) is 16.7. The zero-order valence-electron chi connectivity index (χ0n) is 13.8. The Hall–Kier alpha value is -2.70. The van der Waals surface area contributed by atoms with Crippen LogP contribution in [0.5, 0.6) is 0 Å². The predicted molar refractivity (Wildman–Crippen MR) is 87.6 cm³/mol. The highest BCUT2D eigenvalue weighted by Crippen LogP contribution is 2.27. The fourth-order valence-corrected chi connectivity index (χ4v) is 3.46. The van der Waals surface area contributed by atoms with E-state index in [4.69, 9.17) is 4.52 Å². The van der Waals surface area contributed by atoms with Gasteiger partial charge < -0.3 is 9.42 Å². The van der Waals surface area contributed by atoms with E-state index in [0.717, 1.165) is 30.5 Å². The average Bonchev–Trinajstić information content (AvgIpc) is 3.29.